The highest BCUT2D eigenvalue weighted by Crippen LogP contribution is 2.33. The first-order valence-electron chi connectivity index (χ1n) is 12.0. The lowest BCUT2D eigenvalue weighted by atomic mass is 10.0. The van der Waals surface area contributed by atoms with Gasteiger partial charge in [-0.1, -0.05) is 44.2 Å². The number of aromatic nitrogens is 6. The van der Waals surface area contributed by atoms with Gasteiger partial charge in [0.05, 0.1) is 11.8 Å². The molecule has 1 aromatic carbocycles. The normalized spacial score (nSPS) is 18.5. The minimum Gasteiger partial charge on any atom is -0.332 e. The zero-order valence-electron chi connectivity index (χ0n) is 19.4. The highest BCUT2D eigenvalue weighted by atomic mass is 32.2. The molecule has 1 saturated heterocycles. The first kappa shape index (κ1) is 22.1. The minimum absolute atomic E-state index is 0.0268. The number of thioether (sulfide) groups is 1. The first-order chi connectivity index (χ1) is 16.1. The molecule has 2 aromatic heterocycles. The van der Waals surface area contributed by atoms with Crippen LogP contribution >= 0.6 is 11.8 Å². The van der Waals surface area contributed by atoms with Gasteiger partial charge in [-0.15, -0.1) is 20.4 Å². The fourth-order valence-electron chi connectivity index (χ4n) is 4.82. The SMILES string of the molecule is CC(C)c1ccc(-n2cnnc2SCC(=O)N2CCCC2c2nnc3n2CCCCC3)cc1. The average Bonchev–Trinajstić information content (AvgIpc) is 3.54. The molecule has 2 aliphatic rings. The van der Waals surface area contributed by atoms with E-state index in [0.29, 0.717) is 11.7 Å². The molecule has 9 heteroatoms. The summed E-state index contributed by atoms with van der Waals surface area (Å²) in [5.74, 6) is 2.99. The van der Waals surface area contributed by atoms with Gasteiger partial charge in [0.15, 0.2) is 11.0 Å². The zero-order valence-corrected chi connectivity index (χ0v) is 20.2. The Morgan fingerprint density at radius 2 is 1.91 bits per heavy atom. The van der Waals surface area contributed by atoms with Gasteiger partial charge in [-0.05, 0) is 49.3 Å². The number of benzene rings is 1. The van der Waals surface area contributed by atoms with E-state index in [1.165, 1.54) is 30.2 Å². The Bertz CT molecular complexity index is 1100. The fourth-order valence-corrected chi connectivity index (χ4v) is 5.63. The van der Waals surface area contributed by atoms with E-state index in [2.05, 4.69) is 63.1 Å². The molecular weight excluding hydrogens is 434 g/mol. The maximum Gasteiger partial charge on any atom is 0.233 e. The van der Waals surface area contributed by atoms with Crippen LogP contribution in [0.5, 0.6) is 0 Å². The number of hydrogen-bond donors (Lipinski definition) is 0. The molecule has 2 aliphatic heterocycles. The third-order valence-corrected chi connectivity index (χ3v) is 7.62. The highest BCUT2D eigenvalue weighted by Gasteiger charge is 2.34. The molecular formula is C24H31N7OS. The van der Waals surface area contributed by atoms with E-state index in [0.717, 1.165) is 61.3 Å². The van der Waals surface area contributed by atoms with E-state index >= 15 is 0 Å². The Morgan fingerprint density at radius 3 is 2.73 bits per heavy atom. The molecule has 0 radical (unpaired) electrons. The number of hydrogen-bond acceptors (Lipinski definition) is 6. The summed E-state index contributed by atoms with van der Waals surface area (Å²) < 4.78 is 4.22. The third kappa shape index (κ3) is 4.55. The summed E-state index contributed by atoms with van der Waals surface area (Å²) in [5.41, 5.74) is 2.30. The molecule has 4 heterocycles. The Kier molecular flexibility index (Phi) is 6.48. The topological polar surface area (TPSA) is 81.7 Å². The van der Waals surface area contributed by atoms with Gasteiger partial charge in [-0.3, -0.25) is 9.36 Å². The third-order valence-electron chi connectivity index (χ3n) is 6.69. The van der Waals surface area contributed by atoms with Crippen LogP contribution in [0.15, 0.2) is 35.7 Å². The smallest absolute Gasteiger partial charge is 0.233 e. The number of rotatable bonds is 6. The fraction of sp³-hybridized carbons (Fsp3) is 0.542. The number of carbonyl (C=O) groups excluding carboxylic acids is 1. The molecule has 1 fully saturated rings. The van der Waals surface area contributed by atoms with Gasteiger partial charge in [0.2, 0.25) is 5.91 Å². The number of nitrogens with zero attached hydrogens (tertiary/aromatic N) is 7. The molecule has 3 aromatic rings. The van der Waals surface area contributed by atoms with Crippen LogP contribution < -0.4 is 0 Å². The van der Waals surface area contributed by atoms with E-state index in [1.807, 2.05) is 9.47 Å². The molecule has 0 bridgehead atoms. The predicted molar refractivity (Wildman–Crippen MR) is 127 cm³/mol. The van der Waals surface area contributed by atoms with E-state index in [9.17, 15) is 4.79 Å². The number of amides is 1. The molecule has 0 spiro atoms. The summed E-state index contributed by atoms with van der Waals surface area (Å²) in [6.07, 6.45) is 8.20. The molecule has 0 aliphatic carbocycles. The van der Waals surface area contributed by atoms with Crippen LogP contribution in [0.25, 0.3) is 5.69 Å². The van der Waals surface area contributed by atoms with E-state index < -0.39 is 0 Å². The van der Waals surface area contributed by atoms with Crippen LogP contribution in [-0.2, 0) is 17.8 Å². The highest BCUT2D eigenvalue weighted by molar-refractivity contribution is 7.99. The van der Waals surface area contributed by atoms with Crippen LogP contribution in [0, 0.1) is 0 Å². The van der Waals surface area contributed by atoms with Gasteiger partial charge >= 0.3 is 0 Å². The van der Waals surface area contributed by atoms with Crippen molar-refractivity contribution in [1.29, 1.82) is 0 Å². The minimum atomic E-state index is 0.0268. The Balaban J connectivity index is 1.27. The summed E-state index contributed by atoms with van der Waals surface area (Å²) in [5, 5.41) is 18.1. The summed E-state index contributed by atoms with van der Waals surface area (Å²) in [4.78, 5) is 15.2. The zero-order chi connectivity index (χ0) is 22.8. The number of aryl methyl sites for hydroxylation is 1. The van der Waals surface area contributed by atoms with Crippen molar-refractivity contribution >= 4 is 17.7 Å². The molecule has 174 valence electrons. The summed E-state index contributed by atoms with van der Waals surface area (Å²) in [6, 6.07) is 8.46. The summed E-state index contributed by atoms with van der Waals surface area (Å²) in [7, 11) is 0. The molecule has 33 heavy (non-hydrogen) atoms. The van der Waals surface area contributed by atoms with Crippen molar-refractivity contribution in [2.45, 2.75) is 76.0 Å². The van der Waals surface area contributed by atoms with Crippen molar-refractivity contribution in [2.75, 3.05) is 12.3 Å². The molecule has 0 N–H and O–H groups in total. The van der Waals surface area contributed by atoms with Crippen LogP contribution in [0.2, 0.25) is 0 Å². The van der Waals surface area contributed by atoms with Gasteiger partial charge < -0.3 is 9.47 Å². The van der Waals surface area contributed by atoms with Crippen LogP contribution in [0.4, 0.5) is 0 Å². The van der Waals surface area contributed by atoms with Crippen molar-refractivity contribution in [3.63, 3.8) is 0 Å². The monoisotopic (exact) mass is 465 g/mol. The lowest BCUT2D eigenvalue weighted by Gasteiger charge is -2.24. The van der Waals surface area contributed by atoms with Crippen molar-refractivity contribution in [3.05, 3.63) is 47.8 Å². The molecule has 1 atom stereocenters. The maximum absolute atomic E-state index is 13.2. The van der Waals surface area contributed by atoms with Gasteiger partial charge in [-0.25, -0.2) is 0 Å². The average molecular weight is 466 g/mol. The second kappa shape index (κ2) is 9.67. The standard InChI is InChI=1S/C24H31N7OS/c1-17(2)18-9-11-19(12-10-18)31-16-25-28-24(31)33-15-22(32)29-14-6-7-20(29)23-27-26-21-8-4-3-5-13-30(21)23/h9-12,16-17,20H,3-8,13-15H2,1-2H3. The predicted octanol–water partition coefficient (Wildman–Crippen LogP) is 4.16. The van der Waals surface area contributed by atoms with Crippen molar-refractivity contribution in [3.8, 4) is 5.69 Å². The van der Waals surface area contributed by atoms with Crippen LogP contribution in [0.3, 0.4) is 0 Å². The van der Waals surface area contributed by atoms with Crippen molar-refractivity contribution in [1.82, 2.24) is 34.4 Å². The van der Waals surface area contributed by atoms with Gasteiger partial charge in [0, 0.05) is 25.2 Å². The van der Waals surface area contributed by atoms with Crippen molar-refractivity contribution in [2.24, 2.45) is 0 Å². The molecule has 8 nitrogen and oxygen atoms in total. The number of likely N-dealkylation sites (tertiary alicyclic amines) is 1. The Hall–Kier alpha value is -2.68. The maximum atomic E-state index is 13.2. The summed E-state index contributed by atoms with van der Waals surface area (Å²) in [6.45, 7) is 6.10. The molecule has 5 rings (SSSR count). The van der Waals surface area contributed by atoms with Gasteiger partial charge in [-0.2, -0.15) is 0 Å². The number of carbonyl (C=O) groups is 1. The number of fused-ring (bicyclic) bond motifs is 1. The lowest BCUT2D eigenvalue weighted by molar-refractivity contribution is -0.129. The van der Waals surface area contributed by atoms with Crippen LogP contribution in [-0.4, -0.2) is 52.6 Å². The first-order valence-corrected chi connectivity index (χ1v) is 12.9. The molecule has 0 saturated carbocycles. The largest absolute Gasteiger partial charge is 0.332 e. The Morgan fingerprint density at radius 1 is 1.06 bits per heavy atom. The van der Waals surface area contributed by atoms with Crippen molar-refractivity contribution < 1.29 is 4.79 Å². The second-order valence-corrected chi connectivity index (χ2v) is 10.1. The van der Waals surface area contributed by atoms with E-state index in [-0.39, 0.29) is 11.9 Å². The van der Waals surface area contributed by atoms with Gasteiger partial charge in [0.25, 0.3) is 0 Å². The lowest BCUT2D eigenvalue weighted by Crippen LogP contribution is -2.33. The second-order valence-electron chi connectivity index (χ2n) is 9.20. The van der Waals surface area contributed by atoms with E-state index in [4.69, 9.17) is 0 Å². The molecule has 1 unspecified atom stereocenters. The van der Waals surface area contributed by atoms with Crippen LogP contribution in [0.1, 0.15) is 75.1 Å². The van der Waals surface area contributed by atoms with E-state index in [1.54, 1.807) is 6.33 Å². The Labute approximate surface area is 198 Å². The molecule has 1 amide bonds. The summed E-state index contributed by atoms with van der Waals surface area (Å²) >= 11 is 1.44. The van der Waals surface area contributed by atoms with Gasteiger partial charge in [0.1, 0.15) is 12.2 Å². The quantitative estimate of drug-likeness (QED) is 0.509.